The monoisotopic (exact) mass is 413 g/mol. The van der Waals surface area contributed by atoms with Gasteiger partial charge in [-0.3, -0.25) is 9.59 Å². The molecule has 0 atom stereocenters. The zero-order valence-corrected chi connectivity index (χ0v) is 16.6. The molecule has 7 nitrogen and oxygen atoms in total. The van der Waals surface area contributed by atoms with E-state index in [-0.39, 0.29) is 23.4 Å². The maximum atomic E-state index is 12.9. The average molecular weight is 413 g/mol. The zero-order valence-electron chi connectivity index (χ0n) is 15.8. The van der Waals surface area contributed by atoms with E-state index in [1.54, 1.807) is 4.57 Å². The highest BCUT2D eigenvalue weighted by molar-refractivity contribution is 7.99. The number of thioether (sulfide) groups is 1. The topological polar surface area (TPSA) is 88.9 Å². The molecule has 29 heavy (non-hydrogen) atoms. The van der Waals surface area contributed by atoms with Gasteiger partial charge in [-0.2, -0.15) is 0 Å². The highest BCUT2D eigenvalue weighted by Gasteiger charge is 2.12. The highest BCUT2D eigenvalue weighted by atomic mass is 32.2. The number of aromatic nitrogens is 3. The third-order valence-corrected chi connectivity index (χ3v) is 5.08. The Morgan fingerprint density at radius 3 is 2.52 bits per heavy atom. The summed E-state index contributed by atoms with van der Waals surface area (Å²) < 4.78 is 14.7. The van der Waals surface area contributed by atoms with Gasteiger partial charge in [0, 0.05) is 31.3 Å². The number of carbonyl (C=O) groups is 2. The minimum Gasteiger partial charge on any atom is -0.352 e. The van der Waals surface area contributed by atoms with Crippen LogP contribution in [-0.4, -0.2) is 38.9 Å². The number of para-hydroxylation sites is 1. The molecule has 0 saturated carbocycles. The number of carbonyl (C=O) groups excluding carboxylic acids is 2. The van der Waals surface area contributed by atoms with Gasteiger partial charge in [-0.25, -0.2) is 4.39 Å². The Bertz CT molecular complexity index is 976. The minimum absolute atomic E-state index is 0.127. The molecule has 150 valence electrons. The predicted octanol–water partition coefficient (Wildman–Crippen LogP) is 2.66. The van der Waals surface area contributed by atoms with E-state index in [0.29, 0.717) is 29.5 Å². The molecule has 2 N–H and O–H groups in total. The second-order valence-corrected chi connectivity index (χ2v) is 7.12. The second kappa shape index (κ2) is 9.83. The molecule has 0 unspecified atom stereocenters. The Hall–Kier alpha value is -3.20. The molecule has 0 saturated heterocycles. The van der Waals surface area contributed by atoms with Crippen LogP contribution in [0.3, 0.4) is 0 Å². The van der Waals surface area contributed by atoms with Crippen molar-refractivity contribution in [2.24, 2.45) is 7.05 Å². The molecule has 2 aromatic carbocycles. The Balaban J connectivity index is 1.45. The SMILES string of the molecule is Cn1c(CCNC(=O)c2ccc(F)cc2)nnc1SCC(=O)Nc1ccccc1. The molecule has 3 rings (SSSR count). The van der Waals surface area contributed by atoms with Crippen LogP contribution in [0.2, 0.25) is 0 Å². The van der Waals surface area contributed by atoms with Gasteiger partial charge in [-0.15, -0.1) is 10.2 Å². The van der Waals surface area contributed by atoms with Crippen molar-refractivity contribution in [3.63, 3.8) is 0 Å². The molecular formula is C20H20FN5O2S. The van der Waals surface area contributed by atoms with E-state index in [1.165, 1.54) is 36.0 Å². The maximum absolute atomic E-state index is 12.9. The summed E-state index contributed by atoms with van der Waals surface area (Å²) in [4.78, 5) is 24.1. The quantitative estimate of drug-likeness (QED) is 0.554. The molecule has 0 radical (unpaired) electrons. The summed E-state index contributed by atoms with van der Waals surface area (Å²) in [6.45, 7) is 0.362. The molecule has 3 aromatic rings. The van der Waals surface area contributed by atoms with Crippen LogP contribution >= 0.6 is 11.8 Å². The molecule has 0 aliphatic rings. The fraction of sp³-hybridized carbons (Fsp3) is 0.200. The van der Waals surface area contributed by atoms with Crippen molar-refractivity contribution in [1.29, 1.82) is 0 Å². The number of rotatable bonds is 8. The van der Waals surface area contributed by atoms with Crippen molar-refractivity contribution < 1.29 is 14.0 Å². The first kappa shape index (κ1) is 20.5. The van der Waals surface area contributed by atoms with E-state index in [0.717, 1.165) is 5.69 Å². The number of nitrogens with one attached hydrogen (secondary N) is 2. The number of halogens is 1. The van der Waals surface area contributed by atoms with Crippen LogP contribution < -0.4 is 10.6 Å². The lowest BCUT2D eigenvalue weighted by atomic mass is 10.2. The number of anilines is 1. The molecule has 1 aromatic heterocycles. The van der Waals surface area contributed by atoms with Crippen LogP contribution in [0.5, 0.6) is 0 Å². The summed E-state index contributed by atoms with van der Waals surface area (Å²) >= 11 is 1.29. The average Bonchev–Trinajstić information content (AvgIpc) is 3.07. The molecule has 0 bridgehead atoms. The zero-order chi connectivity index (χ0) is 20.6. The largest absolute Gasteiger partial charge is 0.352 e. The van der Waals surface area contributed by atoms with Crippen molar-refractivity contribution in [2.75, 3.05) is 17.6 Å². The fourth-order valence-corrected chi connectivity index (χ4v) is 3.26. The van der Waals surface area contributed by atoms with E-state index in [2.05, 4.69) is 20.8 Å². The van der Waals surface area contributed by atoms with Crippen molar-refractivity contribution in [3.8, 4) is 0 Å². The first-order valence-corrected chi connectivity index (χ1v) is 9.91. The van der Waals surface area contributed by atoms with E-state index in [4.69, 9.17) is 0 Å². The van der Waals surface area contributed by atoms with Crippen LogP contribution in [0, 0.1) is 5.82 Å². The third kappa shape index (κ3) is 5.89. The number of hydrogen-bond acceptors (Lipinski definition) is 5. The lowest BCUT2D eigenvalue weighted by molar-refractivity contribution is -0.113. The van der Waals surface area contributed by atoms with Crippen LogP contribution in [0.25, 0.3) is 0 Å². The standard InChI is InChI=1S/C20H20FN5O2S/c1-26-17(11-12-22-19(28)14-7-9-15(21)10-8-14)24-25-20(26)29-13-18(27)23-16-5-3-2-4-6-16/h2-10H,11-13H2,1H3,(H,22,28)(H,23,27). The number of amides is 2. The Morgan fingerprint density at radius 1 is 1.07 bits per heavy atom. The molecule has 0 aliphatic heterocycles. The Kier molecular flexibility index (Phi) is 6.96. The van der Waals surface area contributed by atoms with Crippen molar-refractivity contribution in [1.82, 2.24) is 20.1 Å². The lowest BCUT2D eigenvalue weighted by Gasteiger charge is -2.06. The van der Waals surface area contributed by atoms with Crippen LogP contribution in [0.4, 0.5) is 10.1 Å². The molecule has 0 fully saturated rings. The van der Waals surface area contributed by atoms with Gasteiger partial charge >= 0.3 is 0 Å². The smallest absolute Gasteiger partial charge is 0.251 e. The van der Waals surface area contributed by atoms with Gasteiger partial charge < -0.3 is 15.2 Å². The summed E-state index contributed by atoms with van der Waals surface area (Å²) in [5.74, 6) is 0.109. The van der Waals surface area contributed by atoms with E-state index >= 15 is 0 Å². The number of nitrogens with zero attached hydrogens (tertiary/aromatic N) is 3. The molecule has 0 spiro atoms. The van der Waals surface area contributed by atoms with E-state index in [9.17, 15) is 14.0 Å². The third-order valence-electron chi connectivity index (χ3n) is 4.06. The summed E-state index contributed by atoms with van der Waals surface area (Å²) in [7, 11) is 1.81. The van der Waals surface area contributed by atoms with Gasteiger partial charge in [0.05, 0.1) is 5.75 Å². The molecule has 2 amide bonds. The van der Waals surface area contributed by atoms with Crippen LogP contribution in [0.1, 0.15) is 16.2 Å². The number of benzene rings is 2. The van der Waals surface area contributed by atoms with Gasteiger partial charge in [0.1, 0.15) is 11.6 Å². The molecule has 0 aliphatic carbocycles. The number of hydrogen-bond donors (Lipinski definition) is 2. The van der Waals surface area contributed by atoms with E-state index in [1.807, 2.05) is 37.4 Å². The maximum Gasteiger partial charge on any atom is 0.251 e. The Labute approximate surface area is 171 Å². The molecule has 1 heterocycles. The van der Waals surface area contributed by atoms with Gasteiger partial charge in [0.15, 0.2) is 5.16 Å². The summed E-state index contributed by atoms with van der Waals surface area (Å²) in [6, 6.07) is 14.6. The van der Waals surface area contributed by atoms with Gasteiger partial charge in [-0.05, 0) is 36.4 Å². The second-order valence-electron chi connectivity index (χ2n) is 6.17. The van der Waals surface area contributed by atoms with E-state index < -0.39 is 0 Å². The minimum atomic E-state index is -0.386. The van der Waals surface area contributed by atoms with Crippen molar-refractivity contribution >= 4 is 29.3 Å². The Morgan fingerprint density at radius 2 is 1.79 bits per heavy atom. The molecule has 9 heteroatoms. The highest BCUT2D eigenvalue weighted by Crippen LogP contribution is 2.16. The predicted molar refractivity (Wildman–Crippen MR) is 109 cm³/mol. The summed E-state index contributed by atoms with van der Waals surface area (Å²) in [5.41, 5.74) is 1.14. The van der Waals surface area contributed by atoms with Gasteiger partial charge in [0.2, 0.25) is 5.91 Å². The summed E-state index contributed by atoms with van der Waals surface area (Å²) in [5, 5.41) is 14.4. The first-order valence-electron chi connectivity index (χ1n) is 8.92. The van der Waals surface area contributed by atoms with Crippen molar-refractivity contribution in [3.05, 3.63) is 71.8 Å². The van der Waals surface area contributed by atoms with Crippen LogP contribution in [-0.2, 0) is 18.3 Å². The fourth-order valence-electron chi connectivity index (χ4n) is 2.53. The first-order chi connectivity index (χ1) is 14.0. The van der Waals surface area contributed by atoms with Crippen LogP contribution in [0.15, 0.2) is 59.8 Å². The summed E-state index contributed by atoms with van der Waals surface area (Å²) in [6.07, 6.45) is 0.479. The van der Waals surface area contributed by atoms with Crippen molar-refractivity contribution in [2.45, 2.75) is 11.6 Å². The molecular weight excluding hydrogens is 393 g/mol. The van der Waals surface area contributed by atoms with Gasteiger partial charge in [0.25, 0.3) is 5.91 Å². The van der Waals surface area contributed by atoms with Gasteiger partial charge in [-0.1, -0.05) is 30.0 Å². The normalized spacial score (nSPS) is 10.6. The lowest BCUT2D eigenvalue weighted by Crippen LogP contribution is -2.26.